The van der Waals surface area contributed by atoms with Crippen molar-refractivity contribution in [2.75, 3.05) is 25.6 Å². The van der Waals surface area contributed by atoms with Crippen LogP contribution in [0.5, 0.6) is 11.5 Å². The predicted octanol–water partition coefficient (Wildman–Crippen LogP) is 4.37. The SMILES string of the molecule is CCOc1cc(/C=C2\SC(=O)N(CC(=O)Nc3ccccc3)C2=O)cc(I)c1OC. The number of carbonyl (C=O) groups is 3. The van der Waals surface area contributed by atoms with E-state index in [1.54, 1.807) is 43.5 Å². The zero-order valence-electron chi connectivity index (χ0n) is 16.3. The van der Waals surface area contributed by atoms with Crippen LogP contribution in [0.1, 0.15) is 12.5 Å². The Balaban J connectivity index is 1.77. The number of amides is 3. The summed E-state index contributed by atoms with van der Waals surface area (Å²) in [5, 5.41) is 2.19. The van der Waals surface area contributed by atoms with Gasteiger partial charge in [-0.3, -0.25) is 19.3 Å². The van der Waals surface area contributed by atoms with Gasteiger partial charge in [0.2, 0.25) is 5.91 Å². The normalized spacial score (nSPS) is 14.9. The van der Waals surface area contributed by atoms with Crippen molar-refractivity contribution in [1.29, 1.82) is 0 Å². The molecule has 0 atom stereocenters. The molecule has 0 spiro atoms. The summed E-state index contributed by atoms with van der Waals surface area (Å²) in [6, 6.07) is 12.4. The number of nitrogens with zero attached hydrogens (tertiary/aromatic N) is 1. The fourth-order valence-corrected chi connectivity index (χ4v) is 4.47. The van der Waals surface area contributed by atoms with E-state index in [1.807, 2.05) is 19.1 Å². The third-order valence-corrected chi connectivity index (χ3v) is 5.78. The molecule has 0 radical (unpaired) electrons. The molecule has 2 aromatic rings. The first-order chi connectivity index (χ1) is 14.4. The van der Waals surface area contributed by atoms with E-state index in [9.17, 15) is 14.4 Å². The van der Waals surface area contributed by atoms with E-state index < -0.39 is 17.1 Å². The van der Waals surface area contributed by atoms with Crippen LogP contribution < -0.4 is 14.8 Å². The zero-order valence-corrected chi connectivity index (χ0v) is 19.3. The number of benzene rings is 2. The highest BCUT2D eigenvalue weighted by atomic mass is 127. The summed E-state index contributed by atoms with van der Waals surface area (Å²) in [6.07, 6.45) is 1.62. The summed E-state index contributed by atoms with van der Waals surface area (Å²) in [5.41, 5.74) is 1.30. The number of nitrogens with one attached hydrogen (secondary N) is 1. The minimum atomic E-state index is -0.503. The topological polar surface area (TPSA) is 84.9 Å². The smallest absolute Gasteiger partial charge is 0.294 e. The quantitative estimate of drug-likeness (QED) is 0.417. The first-order valence-electron chi connectivity index (χ1n) is 9.03. The second-order valence-corrected chi connectivity index (χ2v) is 8.30. The van der Waals surface area contributed by atoms with Gasteiger partial charge >= 0.3 is 0 Å². The zero-order chi connectivity index (χ0) is 21.7. The van der Waals surface area contributed by atoms with Crippen LogP contribution in [-0.2, 0) is 9.59 Å². The van der Waals surface area contributed by atoms with E-state index in [-0.39, 0.29) is 11.4 Å². The van der Waals surface area contributed by atoms with Crippen molar-refractivity contribution in [2.24, 2.45) is 0 Å². The Morgan fingerprint density at radius 3 is 2.63 bits per heavy atom. The number of thioether (sulfide) groups is 1. The van der Waals surface area contributed by atoms with Crippen molar-refractivity contribution in [1.82, 2.24) is 4.90 Å². The average Bonchev–Trinajstić information content (AvgIpc) is 2.96. The molecule has 0 aliphatic carbocycles. The Morgan fingerprint density at radius 2 is 1.97 bits per heavy atom. The van der Waals surface area contributed by atoms with Crippen molar-refractivity contribution in [3.05, 3.63) is 56.5 Å². The van der Waals surface area contributed by atoms with Crippen LogP contribution in [0.25, 0.3) is 6.08 Å². The van der Waals surface area contributed by atoms with Gasteiger partial charge in [-0.1, -0.05) is 18.2 Å². The lowest BCUT2D eigenvalue weighted by molar-refractivity contribution is -0.127. The summed E-state index contributed by atoms with van der Waals surface area (Å²) in [6.45, 7) is 1.98. The predicted molar refractivity (Wildman–Crippen MR) is 125 cm³/mol. The molecular weight excluding hydrogens is 519 g/mol. The minimum Gasteiger partial charge on any atom is -0.492 e. The molecule has 0 unspecified atom stereocenters. The van der Waals surface area contributed by atoms with Crippen molar-refractivity contribution in [3.63, 3.8) is 0 Å². The number of hydrogen-bond donors (Lipinski definition) is 1. The van der Waals surface area contributed by atoms with E-state index >= 15 is 0 Å². The Bertz CT molecular complexity index is 1010. The molecule has 2 aromatic carbocycles. The summed E-state index contributed by atoms with van der Waals surface area (Å²) in [5.74, 6) is 0.222. The number of anilines is 1. The summed E-state index contributed by atoms with van der Waals surface area (Å²) in [4.78, 5) is 38.4. The lowest BCUT2D eigenvalue weighted by atomic mass is 10.2. The lowest BCUT2D eigenvalue weighted by Crippen LogP contribution is -2.36. The largest absolute Gasteiger partial charge is 0.492 e. The molecule has 3 amide bonds. The second kappa shape index (κ2) is 9.98. The molecule has 1 aliphatic rings. The molecule has 0 bridgehead atoms. The van der Waals surface area contributed by atoms with Crippen LogP contribution in [-0.4, -0.2) is 42.2 Å². The number of carbonyl (C=O) groups excluding carboxylic acids is 3. The number of imide groups is 1. The van der Waals surface area contributed by atoms with Gasteiger partial charge in [0, 0.05) is 5.69 Å². The molecule has 3 rings (SSSR count). The van der Waals surface area contributed by atoms with E-state index in [0.717, 1.165) is 20.2 Å². The minimum absolute atomic E-state index is 0.246. The summed E-state index contributed by atoms with van der Waals surface area (Å²) >= 11 is 2.93. The molecule has 30 heavy (non-hydrogen) atoms. The van der Waals surface area contributed by atoms with Crippen LogP contribution in [0, 0.1) is 3.57 Å². The van der Waals surface area contributed by atoms with Gasteiger partial charge in [-0.2, -0.15) is 0 Å². The maximum Gasteiger partial charge on any atom is 0.294 e. The maximum atomic E-state index is 12.7. The maximum absolute atomic E-state index is 12.7. The van der Waals surface area contributed by atoms with Gasteiger partial charge in [0.05, 0.1) is 22.2 Å². The average molecular weight is 538 g/mol. The van der Waals surface area contributed by atoms with Crippen LogP contribution in [0.4, 0.5) is 10.5 Å². The van der Waals surface area contributed by atoms with Gasteiger partial charge in [0.15, 0.2) is 11.5 Å². The fraction of sp³-hybridized carbons (Fsp3) is 0.190. The molecule has 1 N–H and O–H groups in total. The molecule has 0 saturated carbocycles. The number of para-hydroxylation sites is 1. The highest BCUT2D eigenvalue weighted by Crippen LogP contribution is 2.37. The fourth-order valence-electron chi connectivity index (χ4n) is 2.79. The van der Waals surface area contributed by atoms with Crippen molar-refractivity contribution < 1.29 is 23.9 Å². The molecule has 156 valence electrons. The van der Waals surface area contributed by atoms with Gasteiger partial charge in [0.25, 0.3) is 11.1 Å². The number of rotatable bonds is 7. The Morgan fingerprint density at radius 1 is 1.23 bits per heavy atom. The van der Waals surface area contributed by atoms with E-state index in [2.05, 4.69) is 27.9 Å². The molecule has 1 saturated heterocycles. The molecule has 0 aromatic heterocycles. The highest BCUT2D eigenvalue weighted by molar-refractivity contribution is 14.1. The van der Waals surface area contributed by atoms with E-state index in [4.69, 9.17) is 9.47 Å². The van der Waals surface area contributed by atoms with E-state index in [0.29, 0.717) is 29.4 Å². The molecular formula is C21H19IN2O5S. The van der Waals surface area contributed by atoms with Crippen LogP contribution in [0.2, 0.25) is 0 Å². The Kier molecular flexibility index (Phi) is 7.38. The number of methoxy groups -OCH3 is 1. The van der Waals surface area contributed by atoms with Crippen LogP contribution in [0.3, 0.4) is 0 Å². The third kappa shape index (κ3) is 5.14. The van der Waals surface area contributed by atoms with E-state index in [1.165, 1.54) is 0 Å². The van der Waals surface area contributed by atoms with Crippen molar-refractivity contribution in [2.45, 2.75) is 6.92 Å². The van der Waals surface area contributed by atoms with Gasteiger partial charge < -0.3 is 14.8 Å². The number of halogens is 1. The lowest BCUT2D eigenvalue weighted by Gasteiger charge is -2.13. The molecule has 1 aliphatic heterocycles. The molecule has 1 fully saturated rings. The summed E-state index contributed by atoms with van der Waals surface area (Å²) in [7, 11) is 1.56. The van der Waals surface area contributed by atoms with Gasteiger partial charge in [-0.15, -0.1) is 0 Å². The molecule has 1 heterocycles. The monoisotopic (exact) mass is 538 g/mol. The van der Waals surface area contributed by atoms with Gasteiger partial charge in [0.1, 0.15) is 6.54 Å². The van der Waals surface area contributed by atoms with Gasteiger partial charge in [-0.25, -0.2) is 0 Å². The van der Waals surface area contributed by atoms with Gasteiger partial charge in [-0.05, 0) is 77.2 Å². The summed E-state index contributed by atoms with van der Waals surface area (Å²) < 4.78 is 11.8. The molecule has 9 heteroatoms. The Hall–Kier alpha value is -2.53. The third-order valence-electron chi connectivity index (χ3n) is 4.07. The standard InChI is InChI=1S/C21H19IN2O5S/c1-3-29-16-10-13(9-15(22)19(16)28-2)11-17-20(26)24(21(27)30-17)12-18(25)23-14-7-5-4-6-8-14/h4-11H,3,12H2,1-2H3,(H,23,25)/b17-11-. The Labute approximate surface area is 191 Å². The number of hydrogen-bond acceptors (Lipinski definition) is 6. The molecule has 7 nitrogen and oxygen atoms in total. The first kappa shape index (κ1) is 22.2. The van der Waals surface area contributed by atoms with Crippen LogP contribution >= 0.6 is 34.4 Å². The highest BCUT2D eigenvalue weighted by Gasteiger charge is 2.36. The van der Waals surface area contributed by atoms with Crippen molar-refractivity contribution >= 4 is 63.2 Å². The second-order valence-electron chi connectivity index (χ2n) is 6.15. The number of ether oxygens (including phenoxy) is 2. The van der Waals surface area contributed by atoms with Crippen LogP contribution in [0.15, 0.2) is 47.4 Å². The van der Waals surface area contributed by atoms with Crippen molar-refractivity contribution in [3.8, 4) is 11.5 Å². The first-order valence-corrected chi connectivity index (χ1v) is 10.9.